The zero-order valence-electron chi connectivity index (χ0n) is 14.6. The number of carbonyl (C=O) groups is 1. The summed E-state index contributed by atoms with van der Waals surface area (Å²) in [7, 11) is -3.59. The first-order chi connectivity index (χ1) is 11.6. The average Bonchev–Trinajstić information content (AvgIpc) is 2.53. The molecular weight excluding hydrogens is 346 g/mol. The summed E-state index contributed by atoms with van der Waals surface area (Å²) in [6.45, 7) is 7.60. The lowest BCUT2D eigenvalue weighted by Gasteiger charge is -2.40. The Balaban J connectivity index is 2.30. The molecule has 2 aliphatic heterocycles. The van der Waals surface area contributed by atoms with E-state index in [1.165, 1.54) is 0 Å². The molecule has 1 saturated heterocycles. The van der Waals surface area contributed by atoms with Crippen molar-refractivity contribution in [3.63, 3.8) is 0 Å². The molecule has 1 N–H and O–H groups in total. The molecule has 1 aromatic carbocycles. The normalized spacial score (nSPS) is 24.4. The molecule has 1 aromatic rings. The molecule has 25 heavy (non-hydrogen) atoms. The number of sulfone groups is 1. The minimum absolute atomic E-state index is 0.0571. The molecule has 1 unspecified atom stereocenters. The van der Waals surface area contributed by atoms with Crippen molar-refractivity contribution in [3.05, 3.63) is 17.7 Å². The van der Waals surface area contributed by atoms with Crippen LogP contribution in [0.15, 0.2) is 17.0 Å². The number of benzene rings is 1. The van der Waals surface area contributed by atoms with Gasteiger partial charge in [0.2, 0.25) is 0 Å². The topological polar surface area (TPSA) is 93.1 Å². The van der Waals surface area contributed by atoms with E-state index in [0.29, 0.717) is 44.0 Å². The van der Waals surface area contributed by atoms with Gasteiger partial charge in [0.15, 0.2) is 15.6 Å². The van der Waals surface area contributed by atoms with E-state index >= 15 is 0 Å². The summed E-state index contributed by atoms with van der Waals surface area (Å²) < 4.78 is 36.5. The van der Waals surface area contributed by atoms with E-state index in [4.69, 9.17) is 14.6 Å². The van der Waals surface area contributed by atoms with Crippen LogP contribution < -0.4 is 9.64 Å². The number of carboxylic acid groups (broad SMARTS) is 1. The summed E-state index contributed by atoms with van der Waals surface area (Å²) in [6, 6.07) is 3.24. The molecule has 2 heterocycles. The molecular formula is C17H23NO6S. The second-order valence-corrected chi connectivity index (χ2v) is 9.50. The van der Waals surface area contributed by atoms with Crippen molar-refractivity contribution in [3.8, 4) is 5.75 Å². The van der Waals surface area contributed by atoms with Gasteiger partial charge in [0.05, 0.1) is 29.0 Å². The zero-order valence-corrected chi connectivity index (χ0v) is 15.4. The third kappa shape index (κ3) is 3.08. The molecule has 7 nitrogen and oxygen atoms in total. The molecule has 0 bridgehead atoms. The highest BCUT2D eigenvalue weighted by Crippen LogP contribution is 2.49. The van der Waals surface area contributed by atoms with E-state index < -0.39 is 21.2 Å². The predicted octanol–water partition coefficient (Wildman–Crippen LogP) is 2.42. The van der Waals surface area contributed by atoms with Crippen LogP contribution in [0.2, 0.25) is 0 Å². The van der Waals surface area contributed by atoms with E-state index in [2.05, 4.69) is 0 Å². The fraction of sp³-hybridized carbons (Fsp3) is 0.588. The summed E-state index contributed by atoms with van der Waals surface area (Å²) in [5.41, 5.74) is 0.732. The van der Waals surface area contributed by atoms with Crippen molar-refractivity contribution in [1.29, 1.82) is 0 Å². The molecule has 0 radical (unpaired) electrons. The maximum Gasteiger partial charge on any atom is 0.511 e. The predicted molar refractivity (Wildman–Crippen MR) is 92.4 cm³/mol. The maximum absolute atomic E-state index is 13.1. The van der Waals surface area contributed by atoms with Crippen molar-refractivity contribution in [1.82, 2.24) is 0 Å². The SMILES string of the molecule is CC1CC(C)(C)c2ccc(OC(=O)O)c(N3CCOCC3)c2S1(=O)=O. The van der Waals surface area contributed by atoms with Gasteiger partial charge in [-0.25, -0.2) is 13.2 Å². The van der Waals surface area contributed by atoms with Gasteiger partial charge in [-0.05, 0) is 30.4 Å². The number of fused-ring (bicyclic) bond motifs is 1. The first kappa shape index (κ1) is 18.0. The largest absolute Gasteiger partial charge is 0.511 e. The molecule has 138 valence electrons. The Labute approximate surface area is 147 Å². The number of rotatable bonds is 2. The highest BCUT2D eigenvalue weighted by molar-refractivity contribution is 7.92. The Morgan fingerprint density at radius 2 is 1.96 bits per heavy atom. The monoisotopic (exact) mass is 369 g/mol. The third-order valence-corrected chi connectivity index (χ3v) is 7.17. The fourth-order valence-electron chi connectivity index (χ4n) is 3.78. The van der Waals surface area contributed by atoms with E-state index in [-0.39, 0.29) is 16.1 Å². The van der Waals surface area contributed by atoms with Crippen LogP contribution >= 0.6 is 0 Å². The molecule has 0 saturated carbocycles. The molecule has 8 heteroatoms. The number of hydrogen-bond donors (Lipinski definition) is 1. The number of ether oxygens (including phenoxy) is 2. The highest BCUT2D eigenvalue weighted by Gasteiger charge is 2.44. The molecule has 1 atom stereocenters. The van der Waals surface area contributed by atoms with Gasteiger partial charge in [0.25, 0.3) is 0 Å². The van der Waals surface area contributed by atoms with Gasteiger partial charge in [-0.15, -0.1) is 0 Å². The second kappa shape index (κ2) is 6.17. The van der Waals surface area contributed by atoms with Gasteiger partial charge in [-0.3, -0.25) is 0 Å². The molecule has 2 aliphatic rings. The van der Waals surface area contributed by atoms with Crippen LogP contribution in [-0.4, -0.2) is 51.2 Å². The summed E-state index contributed by atoms with van der Waals surface area (Å²) in [5.74, 6) is 0.0571. The van der Waals surface area contributed by atoms with E-state index in [1.54, 1.807) is 19.1 Å². The quantitative estimate of drug-likeness (QED) is 0.632. The smallest absolute Gasteiger partial charge is 0.449 e. The zero-order chi connectivity index (χ0) is 18.4. The minimum Gasteiger partial charge on any atom is -0.449 e. The fourth-order valence-corrected chi connectivity index (χ4v) is 5.96. The maximum atomic E-state index is 13.1. The first-order valence-electron chi connectivity index (χ1n) is 8.29. The van der Waals surface area contributed by atoms with Gasteiger partial charge in [0, 0.05) is 13.1 Å². The summed E-state index contributed by atoms with van der Waals surface area (Å²) in [5, 5.41) is 8.52. The van der Waals surface area contributed by atoms with Crippen LogP contribution in [0.4, 0.5) is 10.5 Å². The van der Waals surface area contributed by atoms with E-state index in [1.807, 2.05) is 18.7 Å². The van der Waals surface area contributed by atoms with Crippen molar-refractivity contribution < 1.29 is 27.8 Å². The summed E-state index contributed by atoms with van der Waals surface area (Å²) in [4.78, 5) is 13.2. The summed E-state index contributed by atoms with van der Waals surface area (Å²) >= 11 is 0. The number of anilines is 1. The number of morpholine rings is 1. The van der Waals surface area contributed by atoms with Gasteiger partial charge in [-0.2, -0.15) is 0 Å². The highest BCUT2D eigenvalue weighted by atomic mass is 32.2. The first-order valence-corrected chi connectivity index (χ1v) is 9.84. The summed E-state index contributed by atoms with van der Waals surface area (Å²) in [6.07, 6.45) is -0.945. The van der Waals surface area contributed by atoms with E-state index in [9.17, 15) is 13.2 Å². The van der Waals surface area contributed by atoms with Crippen LogP contribution in [0.1, 0.15) is 32.8 Å². The molecule has 3 rings (SSSR count). The van der Waals surface area contributed by atoms with Gasteiger partial charge < -0.3 is 19.5 Å². The molecule has 0 spiro atoms. The van der Waals surface area contributed by atoms with Crippen LogP contribution in [0.3, 0.4) is 0 Å². The lowest BCUT2D eigenvalue weighted by atomic mass is 9.79. The standard InChI is InChI=1S/C17H23NO6S/c1-11-10-17(2,3)12-4-5-13(24-16(19)20)14(15(12)25(11,21)22)18-6-8-23-9-7-18/h4-5,11H,6-10H2,1-3H3,(H,19,20). The van der Waals surface area contributed by atoms with Crippen LogP contribution in [0.5, 0.6) is 5.75 Å². The minimum atomic E-state index is -3.59. The van der Waals surface area contributed by atoms with Crippen molar-refractivity contribution >= 4 is 21.7 Å². The van der Waals surface area contributed by atoms with Crippen LogP contribution in [0, 0.1) is 0 Å². The Bertz CT molecular complexity index is 796. The molecule has 0 aromatic heterocycles. The average molecular weight is 369 g/mol. The van der Waals surface area contributed by atoms with Crippen LogP contribution in [0.25, 0.3) is 0 Å². The van der Waals surface area contributed by atoms with Gasteiger partial charge in [0.1, 0.15) is 0 Å². The third-order valence-electron chi connectivity index (χ3n) is 4.96. The van der Waals surface area contributed by atoms with Crippen molar-refractivity contribution in [2.75, 3.05) is 31.2 Å². The van der Waals surface area contributed by atoms with Gasteiger partial charge in [-0.1, -0.05) is 19.9 Å². The number of nitrogens with zero attached hydrogens (tertiary/aromatic N) is 1. The van der Waals surface area contributed by atoms with Crippen molar-refractivity contribution in [2.24, 2.45) is 0 Å². The molecule has 0 amide bonds. The Morgan fingerprint density at radius 1 is 1.32 bits per heavy atom. The Morgan fingerprint density at radius 3 is 2.56 bits per heavy atom. The van der Waals surface area contributed by atoms with E-state index in [0.717, 1.165) is 0 Å². The van der Waals surface area contributed by atoms with Crippen LogP contribution in [-0.2, 0) is 20.0 Å². The van der Waals surface area contributed by atoms with Gasteiger partial charge >= 0.3 is 6.16 Å². The molecule has 0 aliphatic carbocycles. The lowest BCUT2D eigenvalue weighted by molar-refractivity contribution is 0.121. The molecule has 1 fully saturated rings. The van der Waals surface area contributed by atoms with Crippen molar-refractivity contribution in [2.45, 2.75) is 42.8 Å². The second-order valence-electron chi connectivity index (χ2n) is 7.20. The Kier molecular flexibility index (Phi) is 4.45. The number of hydrogen-bond acceptors (Lipinski definition) is 6. The lowest BCUT2D eigenvalue weighted by Crippen LogP contribution is -2.41. The Hall–Kier alpha value is -1.80.